The van der Waals surface area contributed by atoms with Crippen LogP contribution >= 0.6 is 0 Å². The third-order valence-corrected chi connectivity index (χ3v) is 7.36. The quantitative estimate of drug-likeness (QED) is 0.573. The van der Waals surface area contributed by atoms with Crippen molar-refractivity contribution in [3.8, 4) is 0 Å². The molecule has 3 saturated heterocycles. The molecule has 8 nitrogen and oxygen atoms in total. The summed E-state index contributed by atoms with van der Waals surface area (Å²) in [7, 11) is 0. The smallest absolute Gasteiger partial charge is 0.246 e. The molecule has 3 heterocycles. The Morgan fingerprint density at radius 3 is 2.48 bits per heavy atom. The number of aliphatic hydroxyl groups is 1. The lowest BCUT2D eigenvalue weighted by molar-refractivity contribution is -0.148. The number of amides is 3. The molecule has 1 aromatic carbocycles. The van der Waals surface area contributed by atoms with Gasteiger partial charge in [-0.15, -0.1) is 0 Å². The summed E-state index contributed by atoms with van der Waals surface area (Å²) in [5.74, 6) is -2.23. The first kappa shape index (κ1) is 23.7. The van der Waals surface area contributed by atoms with Crippen molar-refractivity contribution in [2.24, 2.45) is 11.8 Å². The lowest BCUT2D eigenvalue weighted by Gasteiger charge is -2.35. The molecule has 3 fully saturated rings. The largest absolute Gasteiger partial charge is 0.395 e. The number of benzene rings is 1. The molecule has 33 heavy (non-hydrogen) atoms. The number of hydrogen-bond acceptors (Lipinski definition) is 5. The molecule has 5 atom stereocenters. The number of ether oxygens (including phenoxy) is 1. The molecule has 0 saturated carbocycles. The number of aliphatic hydroxyl groups excluding tert-OH is 1. The predicted octanol–water partition coefficient (Wildman–Crippen LogP) is 1.36. The van der Waals surface area contributed by atoms with Gasteiger partial charge >= 0.3 is 0 Å². The van der Waals surface area contributed by atoms with E-state index in [0.29, 0.717) is 25.8 Å². The normalized spacial score (nSPS) is 32.7. The molecule has 180 valence electrons. The molecule has 1 aromatic rings. The van der Waals surface area contributed by atoms with Crippen molar-refractivity contribution in [3.63, 3.8) is 0 Å². The third kappa shape index (κ3) is 3.83. The zero-order chi connectivity index (χ0) is 24.0. The van der Waals surface area contributed by atoms with Crippen LogP contribution in [0.4, 0.5) is 0 Å². The Hall–Kier alpha value is -2.45. The number of fused-ring (bicyclic) bond motifs is 1. The van der Waals surface area contributed by atoms with Crippen LogP contribution in [-0.2, 0) is 25.7 Å². The molecule has 0 radical (unpaired) electrons. The van der Waals surface area contributed by atoms with E-state index < -0.39 is 34.6 Å². The standard InChI is InChI=1S/C25H35N3O5/c1-5-24-11-12-25(33-24)18(17(24)20(30)26-15-16-9-7-6-8-10-16)22(32)28(13-14-29)19(25)21(31)27-23(2,3)4/h6-10,17-19,29H,5,11-15H2,1-4H3,(H,26,30)(H,27,31)/t17-,18+,19?,24+,25?/m1/s1. The summed E-state index contributed by atoms with van der Waals surface area (Å²) in [5.41, 5.74) is -1.36. The average molecular weight is 458 g/mol. The van der Waals surface area contributed by atoms with Gasteiger partial charge in [0.25, 0.3) is 0 Å². The van der Waals surface area contributed by atoms with Crippen LogP contribution in [0, 0.1) is 11.8 Å². The minimum Gasteiger partial charge on any atom is -0.395 e. The van der Waals surface area contributed by atoms with Crippen LogP contribution in [0.3, 0.4) is 0 Å². The molecule has 3 aliphatic rings. The number of likely N-dealkylation sites (tertiary alicyclic amines) is 1. The highest BCUT2D eigenvalue weighted by atomic mass is 16.5. The van der Waals surface area contributed by atoms with Gasteiger partial charge in [-0.05, 0) is 45.6 Å². The summed E-state index contributed by atoms with van der Waals surface area (Å²) in [6, 6.07) is 8.74. The summed E-state index contributed by atoms with van der Waals surface area (Å²) in [6.07, 6.45) is 1.72. The van der Waals surface area contributed by atoms with Gasteiger partial charge < -0.3 is 25.4 Å². The van der Waals surface area contributed by atoms with Crippen molar-refractivity contribution in [2.75, 3.05) is 13.2 Å². The Morgan fingerprint density at radius 1 is 1.18 bits per heavy atom. The van der Waals surface area contributed by atoms with Gasteiger partial charge in [-0.3, -0.25) is 14.4 Å². The zero-order valence-corrected chi connectivity index (χ0v) is 19.9. The van der Waals surface area contributed by atoms with E-state index in [1.165, 1.54) is 4.90 Å². The maximum Gasteiger partial charge on any atom is 0.246 e. The van der Waals surface area contributed by atoms with Gasteiger partial charge in [-0.25, -0.2) is 0 Å². The van der Waals surface area contributed by atoms with E-state index in [-0.39, 0.29) is 30.9 Å². The van der Waals surface area contributed by atoms with Crippen LogP contribution in [-0.4, -0.2) is 63.7 Å². The predicted molar refractivity (Wildman–Crippen MR) is 122 cm³/mol. The molecule has 0 aromatic heterocycles. The number of hydrogen-bond donors (Lipinski definition) is 3. The van der Waals surface area contributed by atoms with E-state index in [1.54, 1.807) is 0 Å². The fourth-order valence-electron chi connectivity index (χ4n) is 6.10. The molecule has 3 aliphatic heterocycles. The Morgan fingerprint density at radius 2 is 1.88 bits per heavy atom. The van der Waals surface area contributed by atoms with E-state index in [9.17, 15) is 19.5 Å². The van der Waals surface area contributed by atoms with Gasteiger partial charge in [0.2, 0.25) is 17.7 Å². The van der Waals surface area contributed by atoms with Gasteiger partial charge in [-0.2, -0.15) is 0 Å². The van der Waals surface area contributed by atoms with Crippen molar-refractivity contribution in [3.05, 3.63) is 35.9 Å². The summed E-state index contributed by atoms with van der Waals surface area (Å²) in [4.78, 5) is 42.0. The van der Waals surface area contributed by atoms with Gasteiger partial charge in [0.15, 0.2) is 0 Å². The zero-order valence-electron chi connectivity index (χ0n) is 19.9. The van der Waals surface area contributed by atoms with Gasteiger partial charge in [0, 0.05) is 18.6 Å². The number of β-amino-alcohol motifs (C(OH)–C–C–N with tert-alkyl or cyclic N) is 1. The lowest BCUT2D eigenvalue weighted by atomic mass is 9.65. The Kier molecular flexibility index (Phi) is 6.03. The van der Waals surface area contributed by atoms with Crippen LogP contribution in [0.5, 0.6) is 0 Å². The fraction of sp³-hybridized carbons (Fsp3) is 0.640. The summed E-state index contributed by atoms with van der Waals surface area (Å²) in [6.45, 7) is 7.74. The van der Waals surface area contributed by atoms with E-state index in [4.69, 9.17) is 4.74 Å². The molecule has 0 aliphatic carbocycles. The molecule has 2 bridgehead atoms. The highest BCUT2D eigenvalue weighted by Crippen LogP contribution is 2.64. The van der Waals surface area contributed by atoms with E-state index in [1.807, 2.05) is 58.0 Å². The first-order valence-electron chi connectivity index (χ1n) is 11.8. The maximum atomic E-state index is 13.7. The van der Waals surface area contributed by atoms with Crippen LogP contribution in [0.25, 0.3) is 0 Å². The minimum atomic E-state index is -1.06. The van der Waals surface area contributed by atoms with E-state index >= 15 is 0 Å². The SMILES string of the molecule is CC[C@@]12CCC3(O1)C(C(=O)NC(C)(C)C)N(CCO)C(=O)[C@@H]3[C@@H]2C(=O)NCc1ccccc1. The fourth-order valence-corrected chi connectivity index (χ4v) is 6.10. The molecule has 2 unspecified atom stereocenters. The van der Waals surface area contributed by atoms with Crippen molar-refractivity contribution in [2.45, 2.75) is 76.3 Å². The van der Waals surface area contributed by atoms with E-state index in [0.717, 1.165) is 5.56 Å². The van der Waals surface area contributed by atoms with Crippen LogP contribution in [0.1, 0.15) is 52.5 Å². The average Bonchev–Trinajstić information content (AvgIpc) is 3.36. The second-order valence-electron chi connectivity index (χ2n) is 10.5. The summed E-state index contributed by atoms with van der Waals surface area (Å²) >= 11 is 0. The maximum absolute atomic E-state index is 13.7. The Balaban J connectivity index is 1.67. The van der Waals surface area contributed by atoms with Crippen molar-refractivity contribution in [1.82, 2.24) is 15.5 Å². The molecular weight excluding hydrogens is 422 g/mol. The second kappa shape index (κ2) is 8.40. The van der Waals surface area contributed by atoms with Crippen molar-refractivity contribution < 1.29 is 24.2 Å². The molecule has 3 amide bonds. The number of carbonyl (C=O) groups excluding carboxylic acids is 3. The number of carbonyl (C=O) groups is 3. The monoisotopic (exact) mass is 457 g/mol. The Labute approximate surface area is 195 Å². The second-order valence-corrected chi connectivity index (χ2v) is 10.5. The number of rotatable bonds is 7. The molecule has 1 spiro atoms. The third-order valence-electron chi connectivity index (χ3n) is 7.36. The minimum absolute atomic E-state index is 0.0279. The molecule has 3 N–H and O–H groups in total. The van der Waals surface area contributed by atoms with Gasteiger partial charge in [0.1, 0.15) is 11.6 Å². The molecular formula is C25H35N3O5. The van der Waals surface area contributed by atoms with Crippen molar-refractivity contribution >= 4 is 17.7 Å². The lowest BCUT2D eigenvalue weighted by Crippen LogP contribution is -2.58. The number of nitrogens with zero attached hydrogens (tertiary/aromatic N) is 1. The van der Waals surface area contributed by atoms with Crippen LogP contribution in [0.2, 0.25) is 0 Å². The topological polar surface area (TPSA) is 108 Å². The summed E-state index contributed by atoms with van der Waals surface area (Å²) < 4.78 is 6.64. The highest BCUT2D eigenvalue weighted by Gasteiger charge is 2.78. The molecule has 8 heteroatoms. The Bertz CT molecular complexity index is 930. The van der Waals surface area contributed by atoms with Gasteiger partial charge in [0.05, 0.1) is 24.0 Å². The molecule has 4 rings (SSSR count). The highest BCUT2D eigenvalue weighted by molar-refractivity contribution is 5.99. The van der Waals surface area contributed by atoms with Gasteiger partial charge in [-0.1, -0.05) is 37.3 Å². The summed E-state index contributed by atoms with van der Waals surface area (Å²) in [5, 5.41) is 15.6. The first-order chi connectivity index (χ1) is 15.6. The van der Waals surface area contributed by atoms with Crippen LogP contribution < -0.4 is 10.6 Å². The first-order valence-corrected chi connectivity index (χ1v) is 11.8. The number of nitrogens with one attached hydrogen (secondary N) is 2. The van der Waals surface area contributed by atoms with Crippen LogP contribution in [0.15, 0.2) is 30.3 Å². The van der Waals surface area contributed by atoms with Crippen molar-refractivity contribution in [1.29, 1.82) is 0 Å². The van der Waals surface area contributed by atoms with E-state index in [2.05, 4.69) is 10.6 Å².